The van der Waals surface area contributed by atoms with Gasteiger partial charge in [-0.3, -0.25) is 14.9 Å². The Bertz CT molecular complexity index is 1020. The maximum absolute atomic E-state index is 13.1. The number of carbonyl (C=O) groups excluding carboxylic acids is 3. The number of hydrogen-bond donors (Lipinski definition) is 6. The lowest BCUT2D eigenvalue weighted by Gasteiger charge is -2.37. The van der Waals surface area contributed by atoms with Crippen molar-refractivity contribution in [2.24, 2.45) is 5.16 Å². The van der Waals surface area contributed by atoms with Gasteiger partial charge in [-0.2, -0.15) is 0 Å². The van der Waals surface area contributed by atoms with E-state index in [1.165, 1.54) is 19.2 Å². The van der Waals surface area contributed by atoms with Crippen LogP contribution in [0.1, 0.15) is 47.2 Å². The lowest BCUT2D eigenvalue weighted by molar-refractivity contribution is -0.161. The molecular weight excluding hydrogens is 496 g/mol. The fourth-order valence-electron chi connectivity index (χ4n) is 2.67. The molecule has 14 nitrogen and oxygen atoms in total. The number of β-lactam (4-membered cyclic amide) rings is 1. The molecule has 2 heterocycles. The smallest absolute Gasteiger partial charge is 0.413 e. The molecule has 6 N–H and O–H groups in total. The third-order valence-corrected chi connectivity index (χ3v) is 5.31. The standard InChI is InChI=1S/C21H32N6O8S/c1-10(28)7-22-8-11-13(15(29)23-11)25-16(30)14(27-35-21(5,6)17(31)32)12-9-36-18(24-12)26-19(33)34-20(2,3)4/h9-11,13,22,28H,7-8H2,1-6H3,(H,23,29)(H,25,30)(H,31,32)(H,24,26,33)/t10-,11-,13+/m1/s1. The Labute approximate surface area is 211 Å². The minimum atomic E-state index is -1.76. The van der Waals surface area contributed by atoms with Gasteiger partial charge in [0.25, 0.3) is 5.91 Å². The molecule has 1 fully saturated rings. The SMILES string of the molecule is C[C@@H](O)CNC[C@H]1NC(=O)[C@H]1NC(=O)C(=NOC(C)(C)C(=O)O)c1csc(NC(=O)OC(C)(C)C)n1. The number of aromatic nitrogens is 1. The van der Waals surface area contributed by atoms with Gasteiger partial charge in [-0.05, 0) is 41.5 Å². The van der Waals surface area contributed by atoms with Crippen LogP contribution in [0.15, 0.2) is 10.5 Å². The number of ether oxygens (including phenoxy) is 1. The minimum absolute atomic E-state index is 0.0201. The Morgan fingerprint density at radius 1 is 1.28 bits per heavy atom. The van der Waals surface area contributed by atoms with Crippen LogP contribution in [0.5, 0.6) is 0 Å². The highest BCUT2D eigenvalue weighted by Crippen LogP contribution is 2.19. The topological polar surface area (TPSA) is 201 Å². The molecule has 3 atom stereocenters. The monoisotopic (exact) mass is 528 g/mol. The predicted octanol–water partition coefficient (Wildman–Crippen LogP) is 0.0276. The van der Waals surface area contributed by atoms with Gasteiger partial charge in [0.05, 0.1) is 12.1 Å². The van der Waals surface area contributed by atoms with E-state index in [1.54, 1.807) is 27.7 Å². The minimum Gasteiger partial charge on any atom is -0.478 e. The number of carbonyl (C=O) groups is 4. The van der Waals surface area contributed by atoms with Gasteiger partial charge < -0.3 is 35.7 Å². The van der Waals surface area contributed by atoms with Gasteiger partial charge in [0, 0.05) is 18.5 Å². The fraction of sp³-hybridized carbons (Fsp3) is 0.619. The van der Waals surface area contributed by atoms with E-state index in [0.717, 1.165) is 11.3 Å². The van der Waals surface area contributed by atoms with Gasteiger partial charge >= 0.3 is 12.1 Å². The molecule has 0 spiro atoms. The van der Waals surface area contributed by atoms with Crippen LogP contribution in [0.3, 0.4) is 0 Å². The van der Waals surface area contributed by atoms with Crippen LogP contribution in [0.25, 0.3) is 0 Å². The molecule has 200 valence electrons. The lowest BCUT2D eigenvalue weighted by Crippen LogP contribution is -2.72. The third-order valence-electron chi connectivity index (χ3n) is 4.55. The molecule has 0 bridgehead atoms. The van der Waals surface area contributed by atoms with Crippen LogP contribution in [0, 0.1) is 0 Å². The summed E-state index contributed by atoms with van der Waals surface area (Å²) in [5, 5.41) is 34.5. The number of nitrogens with one attached hydrogen (secondary N) is 4. The maximum Gasteiger partial charge on any atom is 0.413 e. The number of hydrogen-bond acceptors (Lipinski definition) is 11. The van der Waals surface area contributed by atoms with Crippen molar-refractivity contribution in [2.45, 2.75) is 70.9 Å². The highest BCUT2D eigenvalue weighted by atomic mass is 32.1. The van der Waals surface area contributed by atoms with Crippen molar-refractivity contribution >= 4 is 46.1 Å². The number of nitrogens with zero attached hydrogens (tertiary/aromatic N) is 2. The molecule has 15 heteroatoms. The first-order chi connectivity index (χ1) is 16.6. The molecule has 1 aromatic heterocycles. The summed E-state index contributed by atoms with van der Waals surface area (Å²) in [5.74, 6) is -2.59. The molecule has 1 aromatic rings. The number of aliphatic hydroxyl groups is 1. The molecule has 1 aliphatic heterocycles. The van der Waals surface area contributed by atoms with Gasteiger partial charge in [0.2, 0.25) is 11.5 Å². The zero-order valence-electron chi connectivity index (χ0n) is 20.9. The molecule has 0 aliphatic carbocycles. The van der Waals surface area contributed by atoms with Gasteiger partial charge in [-0.1, -0.05) is 5.16 Å². The summed E-state index contributed by atoms with van der Waals surface area (Å²) in [6.07, 6.45) is -1.34. The summed E-state index contributed by atoms with van der Waals surface area (Å²) in [4.78, 5) is 57.8. The number of carboxylic acid groups (broad SMARTS) is 1. The Balaban J connectivity index is 2.21. The number of thiazole rings is 1. The molecule has 0 unspecified atom stereocenters. The third kappa shape index (κ3) is 8.42. The predicted molar refractivity (Wildman–Crippen MR) is 130 cm³/mol. The van der Waals surface area contributed by atoms with Crippen molar-refractivity contribution in [1.82, 2.24) is 20.9 Å². The molecule has 0 radical (unpaired) electrons. The van der Waals surface area contributed by atoms with Gasteiger partial charge in [-0.25, -0.2) is 14.6 Å². The maximum atomic E-state index is 13.1. The first-order valence-electron chi connectivity index (χ1n) is 11.0. The molecule has 0 saturated carbocycles. The van der Waals surface area contributed by atoms with Crippen LogP contribution in [-0.4, -0.2) is 87.3 Å². The van der Waals surface area contributed by atoms with Crippen molar-refractivity contribution in [3.63, 3.8) is 0 Å². The van der Waals surface area contributed by atoms with Crippen LogP contribution < -0.4 is 21.3 Å². The summed E-state index contributed by atoms with van der Waals surface area (Å²) in [5.41, 5.74) is -2.92. The van der Waals surface area contributed by atoms with E-state index in [-0.39, 0.29) is 17.4 Å². The van der Waals surface area contributed by atoms with Crippen molar-refractivity contribution in [2.75, 3.05) is 18.4 Å². The second kappa shape index (κ2) is 11.6. The van der Waals surface area contributed by atoms with Crippen molar-refractivity contribution in [3.05, 3.63) is 11.1 Å². The Kier molecular flexibility index (Phi) is 9.34. The summed E-state index contributed by atoms with van der Waals surface area (Å²) >= 11 is 0.974. The van der Waals surface area contributed by atoms with E-state index in [4.69, 9.17) is 9.57 Å². The number of anilines is 1. The van der Waals surface area contributed by atoms with Crippen molar-refractivity contribution in [3.8, 4) is 0 Å². The zero-order chi connectivity index (χ0) is 27.3. The second-order valence-electron chi connectivity index (χ2n) is 9.58. The Hall–Kier alpha value is -3.30. The van der Waals surface area contributed by atoms with E-state index in [1.807, 2.05) is 0 Å². The van der Waals surface area contributed by atoms with Crippen LogP contribution in [0.2, 0.25) is 0 Å². The van der Waals surface area contributed by atoms with Crippen LogP contribution in [0.4, 0.5) is 9.93 Å². The second-order valence-corrected chi connectivity index (χ2v) is 10.4. The number of rotatable bonds is 11. The number of carboxylic acids is 1. The fourth-order valence-corrected chi connectivity index (χ4v) is 3.35. The molecule has 36 heavy (non-hydrogen) atoms. The Morgan fingerprint density at radius 3 is 2.50 bits per heavy atom. The van der Waals surface area contributed by atoms with Crippen LogP contribution >= 0.6 is 11.3 Å². The largest absolute Gasteiger partial charge is 0.478 e. The molecule has 2 rings (SSSR count). The number of amides is 3. The zero-order valence-corrected chi connectivity index (χ0v) is 21.7. The van der Waals surface area contributed by atoms with Gasteiger partial charge in [0.1, 0.15) is 17.3 Å². The summed E-state index contributed by atoms with van der Waals surface area (Å²) in [7, 11) is 0. The highest BCUT2D eigenvalue weighted by molar-refractivity contribution is 7.14. The summed E-state index contributed by atoms with van der Waals surface area (Å²) in [6, 6.07) is -1.35. The van der Waals surface area contributed by atoms with E-state index in [2.05, 4.69) is 31.4 Å². The first kappa shape index (κ1) is 28.9. The highest BCUT2D eigenvalue weighted by Gasteiger charge is 2.41. The molecule has 3 amide bonds. The summed E-state index contributed by atoms with van der Waals surface area (Å²) in [6.45, 7) is 9.76. The van der Waals surface area contributed by atoms with E-state index in [9.17, 15) is 29.4 Å². The van der Waals surface area contributed by atoms with Crippen molar-refractivity contribution in [1.29, 1.82) is 0 Å². The lowest BCUT2D eigenvalue weighted by atomic mass is 9.98. The van der Waals surface area contributed by atoms with Crippen LogP contribution in [-0.2, 0) is 24.0 Å². The number of oxime groups is 1. The average Bonchev–Trinajstić information content (AvgIpc) is 3.17. The molecule has 1 saturated heterocycles. The first-order valence-corrected chi connectivity index (χ1v) is 11.9. The molecule has 0 aromatic carbocycles. The van der Waals surface area contributed by atoms with Gasteiger partial charge in [-0.15, -0.1) is 11.3 Å². The summed E-state index contributed by atoms with van der Waals surface area (Å²) < 4.78 is 5.17. The normalized spacial score (nSPS) is 19.0. The molecule has 1 aliphatic rings. The quantitative estimate of drug-likeness (QED) is 0.129. The molecular formula is C21H32N6O8S. The Morgan fingerprint density at radius 2 is 1.94 bits per heavy atom. The van der Waals surface area contributed by atoms with Gasteiger partial charge in [0.15, 0.2) is 10.8 Å². The van der Waals surface area contributed by atoms with Crippen molar-refractivity contribution < 1.29 is 39.0 Å². The number of aliphatic carboxylic acids is 1. The van der Waals surface area contributed by atoms with E-state index in [0.29, 0.717) is 6.54 Å². The van der Waals surface area contributed by atoms with E-state index >= 15 is 0 Å². The van der Waals surface area contributed by atoms with E-state index < -0.39 is 59.0 Å². The number of aliphatic hydroxyl groups excluding tert-OH is 1. The average molecular weight is 529 g/mol.